The highest BCUT2D eigenvalue weighted by Gasteiger charge is 2.50. The fourth-order valence-electron chi connectivity index (χ4n) is 3.94. The van der Waals surface area contributed by atoms with Gasteiger partial charge in [0.2, 0.25) is 0 Å². The Kier molecular flexibility index (Phi) is 4.50. The van der Waals surface area contributed by atoms with Crippen LogP contribution in [-0.2, 0) is 10.1 Å². The molecule has 1 aromatic carbocycles. The summed E-state index contributed by atoms with van der Waals surface area (Å²) in [5.41, 5.74) is -4.51. The highest BCUT2D eigenvalue weighted by Crippen LogP contribution is 2.43. The number of nitrogens with one attached hydrogen (secondary N) is 2. The normalized spacial score (nSPS) is 25.6. The lowest BCUT2D eigenvalue weighted by Crippen LogP contribution is -2.47. The molecule has 3 unspecified atom stereocenters. The number of alkyl halides is 3. The third-order valence-electron chi connectivity index (χ3n) is 5.01. The maximum absolute atomic E-state index is 12.7. The van der Waals surface area contributed by atoms with Crippen molar-refractivity contribution in [1.82, 2.24) is 10.6 Å². The highest BCUT2D eigenvalue weighted by molar-refractivity contribution is 7.88. The van der Waals surface area contributed by atoms with Crippen molar-refractivity contribution in [2.75, 3.05) is 6.54 Å². The molecule has 0 saturated carbocycles. The summed E-state index contributed by atoms with van der Waals surface area (Å²) in [5, 5.41) is 6.29. The second-order valence-corrected chi connectivity index (χ2v) is 9.58. The summed E-state index contributed by atoms with van der Waals surface area (Å²) in [6, 6.07) is 2.09. The minimum absolute atomic E-state index is 0.0595. The Labute approximate surface area is 155 Å². The standard InChI is InChI=1S/C17H21F3N2O4S/c1-8-5-9(26-27(24,25)17(18,19)20)6-10-12(8)15(23)22-11-7-21-14(13(10)11)16(2,3)4/h5-6,11,13-14,21H,7H2,1-4H3,(H,22,23). The van der Waals surface area contributed by atoms with Gasteiger partial charge in [-0.25, -0.2) is 0 Å². The van der Waals surface area contributed by atoms with E-state index in [1.807, 2.05) is 20.8 Å². The van der Waals surface area contributed by atoms with Crippen molar-refractivity contribution >= 4 is 16.0 Å². The Hall–Kier alpha value is -1.81. The first-order valence-electron chi connectivity index (χ1n) is 8.42. The van der Waals surface area contributed by atoms with Crippen molar-refractivity contribution in [2.24, 2.45) is 5.41 Å². The van der Waals surface area contributed by atoms with Crippen LogP contribution in [0, 0.1) is 12.3 Å². The number of carbonyl (C=O) groups excluding carboxylic acids is 1. The first-order chi connectivity index (χ1) is 12.2. The van der Waals surface area contributed by atoms with Crippen LogP contribution in [-0.4, -0.2) is 38.5 Å². The maximum Gasteiger partial charge on any atom is 0.534 e. The summed E-state index contributed by atoms with van der Waals surface area (Å²) in [7, 11) is -5.79. The van der Waals surface area contributed by atoms with E-state index in [0.29, 0.717) is 23.2 Å². The van der Waals surface area contributed by atoms with Gasteiger partial charge >= 0.3 is 15.6 Å². The van der Waals surface area contributed by atoms with Crippen LogP contribution in [0.2, 0.25) is 0 Å². The van der Waals surface area contributed by atoms with E-state index < -0.39 is 21.4 Å². The average molecular weight is 406 g/mol. The molecule has 1 fully saturated rings. The number of rotatable bonds is 2. The third-order valence-corrected chi connectivity index (χ3v) is 5.99. The van der Waals surface area contributed by atoms with Gasteiger partial charge in [0.15, 0.2) is 0 Å². The van der Waals surface area contributed by atoms with E-state index in [2.05, 4.69) is 14.8 Å². The molecule has 0 radical (unpaired) electrons. The van der Waals surface area contributed by atoms with E-state index in [0.717, 1.165) is 6.07 Å². The molecule has 1 amide bonds. The molecule has 2 aliphatic heterocycles. The maximum atomic E-state index is 12.7. The number of fused-ring (bicyclic) bond motifs is 3. The smallest absolute Gasteiger partial charge is 0.376 e. The average Bonchev–Trinajstić information content (AvgIpc) is 2.88. The van der Waals surface area contributed by atoms with E-state index in [-0.39, 0.29) is 29.3 Å². The minimum Gasteiger partial charge on any atom is -0.376 e. The molecule has 0 spiro atoms. The summed E-state index contributed by atoms with van der Waals surface area (Å²) >= 11 is 0. The van der Waals surface area contributed by atoms with Gasteiger partial charge in [-0.05, 0) is 35.6 Å². The molecule has 1 saturated heterocycles. The second kappa shape index (κ2) is 6.10. The predicted octanol–water partition coefficient (Wildman–Crippen LogP) is 2.44. The molecular formula is C17H21F3N2O4S. The van der Waals surface area contributed by atoms with Gasteiger partial charge < -0.3 is 14.8 Å². The Morgan fingerprint density at radius 3 is 2.37 bits per heavy atom. The van der Waals surface area contributed by atoms with Crippen molar-refractivity contribution < 1.29 is 30.6 Å². The second-order valence-electron chi connectivity index (χ2n) is 8.05. The molecule has 27 heavy (non-hydrogen) atoms. The summed E-state index contributed by atoms with van der Waals surface area (Å²) in [5.74, 6) is -0.990. The summed E-state index contributed by atoms with van der Waals surface area (Å²) in [6.45, 7) is 8.11. The Bertz CT molecular complexity index is 891. The van der Waals surface area contributed by atoms with Crippen LogP contribution < -0.4 is 14.8 Å². The monoisotopic (exact) mass is 406 g/mol. The zero-order valence-corrected chi connectivity index (χ0v) is 16.1. The Balaban J connectivity index is 2.11. The number of aryl methyl sites for hydroxylation is 1. The van der Waals surface area contributed by atoms with Crippen LogP contribution in [0.25, 0.3) is 0 Å². The molecule has 3 rings (SSSR count). The molecule has 0 aromatic heterocycles. The van der Waals surface area contributed by atoms with Crippen molar-refractivity contribution in [1.29, 1.82) is 0 Å². The topological polar surface area (TPSA) is 84.5 Å². The zero-order valence-electron chi connectivity index (χ0n) is 15.3. The van der Waals surface area contributed by atoms with Gasteiger partial charge in [-0.1, -0.05) is 20.8 Å². The molecule has 0 aliphatic carbocycles. The van der Waals surface area contributed by atoms with Crippen molar-refractivity contribution in [2.45, 2.75) is 51.2 Å². The van der Waals surface area contributed by atoms with Gasteiger partial charge in [-0.3, -0.25) is 4.79 Å². The lowest BCUT2D eigenvalue weighted by atomic mass is 9.72. The van der Waals surface area contributed by atoms with Gasteiger partial charge in [0.1, 0.15) is 5.75 Å². The fraction of sp³-hybridized carbons (Fsp3) is 0.588. The molecule has 10 heteroatoms. The molecular weight excluding hydrogens is 385 g/mol. The van der Waals surface area contributed by atoms with Gasteiger partial charge in [-0.2, -0.15) is 21.6 Å². The molecule has 6 nitrogen and oxygen atoms in total. The summed E-state index contributed by atoms with van der Waals surface area (Å²) in [4.78, 5) is 12.5. The third kappa shape index (κ3) is 3.40. The van der Waals surface area contributed by atoms with E-state index in [1.165, 1.54) is 6.07 Å². The first kappa shape index (κ1) is 19.9. The van der Waals surface area contributed by atoms with Crippen molar-refractivity contribution in [3.05, 3.63) is 28.8 Å². The zero-order chi connectivity index (χ0) is 20.4. The van der Waals surface area contributed by atoms with Crippen LogP contribution in [0.5, 0.6) is 5.75 Å². The minimum atomic E-state index is -5.79. The molecule has 3 atom stereocenters. The van der Waals surface area contributed by atoms with Gasteiger partial charge in [0.05, 0.1) is 0 Å². The quantitative estimate of drug-likeness (QED) is 0.582. The molecule has 2 heterocycles. The van der Waals surface area contributed by atoms with Gasteiger partial charge in [-0.15, -0.1) is 0 Å². The Morgan fingerprint density at radius 1 is 1.19 bits per heavy atom. The molecule has 2 N–H and O–H groups in total. The number of hydrogen-bond acceptors (Lipinski definition) is 5. The summed E-state index contributed by atoms with van der Waals surface area (Å²) < 4.78 is 65.1. The molecule has 150 valence electrons. The van der Waals surface area contributed by atoms with Crippen LogP contribution in [0.3, 0.4) is 0 Å². The molecule has 0 bridgehead atoms. The molecule has 2 aliphatic rings. The van der Waals surface area contributed by atoms with Gasteiger partial charge in [0.25, 0.3) is 5.91 Å². The predicted molar refractivity (Wildman–Crippen MR) is 92.0 cm³/mol. The van der Waals surface area contributed by atoms with Crippen molar-refractivity contribution in [3.63, 3.8) is 0 Å². The SMILES string of the molecule is Cc1cc(OS(=O)(=O)C(F)(F)F)cc2c1C(=O)NC1CNC(C(C)(C)C)C21. The lowest BCUT2D eigenvalue weighted by Gasteiger charge is -2.38. The number of hydrogen-bond donors (Lipinski definition) is 2. The van der Waals surface area contributed by atoms with E-state index in [4.69, 9.17) is 0 Å². The van der Waals surface area contributed by atoms with Crippen LogP contribution in [0.15, 0.2) is 12.1 Å². The number of benzene rings is 1. The number of amides is 1. The lowest BCUT2D eigenvalue weighted by molar-refractivity contribution is -0.0500. The number of carbonyl (C=O) groups is 1. The summed E-state index contributed by atoms with van der Waals surface area (Å²) in [6.07, 6.45) is 0. The van der Waals surface area contributed by atoms with E-state index in [1.54, 1.807) is 6.92 Å². The van der Waals surface area contributed by atoms with Crippen LogP contribution >= 0.6 is 0 Å². The largest absolute Gasteiger partial charge is 0.534 e. The van der Waals surface area contributed by atoms with Crippen LogP contribution in [0.1, 0.15) is 48.2 Å². The highest BCUT2D eigenvalue weighted by atomic mass is 32.2. The van der Waals surface area contributed by atoms with Crippen molar-refractivity contribution in [3.8, 4) is 5.75 Å². The van der Waals surface area contributed by atoms with Crippen LogP contribution in [0.4, 0.5) is 13.2 Å². The fourth-order valence-corrected chi connectivity index (χ4v) is 4.38. The molecule has 1 aromatic rings. The first-order valence-corrected chi connectivity index (χ1v) is 9.83. The Morgan fingerprint density at radius 2 is 1.81 bits per heavy atom. The van der Waals surface area contributed by atoms with E-state index >= 15 is 0 Å². The number of halogens is 3. The van der Waals surface area contributed by atoms with Gasteiger partial charge in [0, 0.05) is 30.1 Å². The van der Waals surface area contributed by atoms with E-state index in [9.17, 15) is 26.4 Å².